The average molecular weight is 594 g/mol. The number of oxime groups is 1. The zero-order valence-corrected chi connectivity index (χ0v) is 24.3. The number of nitrogens with two attached hydrogens (primary N) is 2. The molecule has 0 aliphatic carbocycles. The van der Waals surface area contributed by atoms with E-state index in [2.05, 4.69) is 31.0 Å². The Balaban J connectivity index is 1.37. The van der Waals surface area contributed by atoms with Crippen molar-refractivity contribution < 1.29 is 32.3 Å². The Bertz CT molecular complexity index is 1390. The Morgan fingerprint density at radius 2 is 2.15 bits per heavy atom. The van der Waals surface area contributed by atoms with Crippen molar-refractivity contribution in [3.05, 3.63) is 35.5 Å². The van der Waals surface area contributed by atoms with E-state index in [1.54, 1.807) is 19.2 Å². The summed E-state index contributed by atoms with van der Waals surface area (Å²) in [6.45, 7) is 5.18. The topological polar surface area (TPSA) is 172 Å². The number of hydrogen-bond acceptors (Lipinski definition) is 12. The highest BCUT2D eigenvalue weighted by atomic mass is 32.2. The van der Waals surface area contributed by atoms with Crippen molar-refractivity contribution in [2.45, 2.75) is 38.4 Å². The first kappa shape index (κ1) is 29.5. The van der Waals surface area contributed by atoms with Crippen LogP contribution in [0, 0.1) is 0 Å². The SMILES string of the molecule is COSON1C(=O)[C@@H](NC(=O)/C(=N\OCCOc2ccc3c(c2)c[n+](CCCN)n3C)c2csc(N)n2)C1(C)C. The normalized spacial score (nSPS) is 16.7. The number of benzene rings is 1. The maximum atomic E-state index is 13.1. The summed E-state index contributed by atoms with van der Waals surface area (Å²) in [4.78, 5) is 35.2. The zero-order valence-electron chi connectivity index (χ0n) is 22.7. The molecule has 3 aromatic rings. The predicted molar refractivity (Wildman–Crippen MR) is 150 cm³/mol. The molecule has 2 aromatic heterocycles. The molecule has 0 saturated carbocycles. The van der Waals surface area contributed by atoms with Crippen molar-refractivity contribution in [3.8, 4) is 5.75 Å². The van der Waals surface area contributed by atoms with Gasteiger partial charge in [0.25, 0.3) is 11.8 Å². The molecule has 40 heavy (non-hydrogen) atoms. The van der Waals surface area contributed by atoms with E-state index in [0.29, 0.717) is 24.6 Å². The van der Waals surface area contributed by atoms with Crippen LogP contribution < -0.4 is 26.2 Å². The Morgan fingerprint density at radius 3 is 2.83 bits per heavy atom. The van der Waals surface area contributed by atoms with Gasteiger partial charge in [0.15, 0.2) is 36.3 Å². The number of anilines is 1. The van der Waals surface area contributed by atoms with Crippen LogP contribution in [-0.2, 0) is 36.5 Å². The van der Waals surface area contributed by atoms with E-state index in [-0.39, 0.29) is 29.8 Å². The van der Waals surface area contributed by atoms with Crippen LogP contribution in [0.3, 0.4) is 0 Å². The van der Waals surface area contributed by atoms with Crippen LogP contribution in [0.2, 0.25) is 0 Å². The lowest BCUT2D eigenvalue weighted by atomic mass is 9.84. The van der Waals surface area contributed by atoms with Gasteiger partial charge in [-0.05, 0) is 38.6 Å². The molecule has 1 fully saturated rings. The quantitative estimate of drug-likeness (QED) is 0.0609. The lowest BCUT2D eigenvalue weighted by molar-refractivity contribution is -0.771. The Morgan fingerprint density at radius 1 is 1.35 bits per heavy atom. The van der Waals surface area contributed by atoms with Crippen LogP contribution in [0.4, 0.5) is 5.13 Å². The van der Waals surface area contributed by atoms with E-state index in [9.17, 15) is 9.59 Å². The minimum Gasteiger partial charge on any atom is -0.490 e. The number of carbonyl (C=O) groups is 2. The first-order valence-electron chi connectivity index (χ1n) is 12.4. The van der Waals surface area contributed by atoms with Crippen LogP contribution in [0.5, 0.6) is 5.75 Å². The van der Waals surface area contributed by atoms with E-state index >= 15 is 0 Å². The third kappa shape index (κ3) is 6.31. The second kappa shape index (κ2) is 12.8. The van der Waals surface area contributed by atoms with Gasteiger partial charge in [-0.25, -0.2) is 4.98 Å². The molecule has 5 N–H and O–H groups in total. The monoisotopic (exact) mass is 593 g/mol. The number of aryl methyl sites for hydroxylation is 2. The summed E-state index contributed by atoms with van der Waals surface area (Å²) in [5, 5.41) is 10.7. The number of rotatable bonds is 14. The molecular weight excluding hydrogens is 560 g/mol. The summed E-state index contributed by atoms with van der Waals surface area (Å²) in [5.74, 6) is -0.408. The molecule has 0 unspecified atom stereocenters. The van der Waals surface area contributed by atoms with E-state index in [1.165, 1.54) is 7.11 Å². The standard InChI is InChI=1S/C24H32N8O6S2/c1-24(2)20(22(34)32(24)38-40-35-4)28-21(33)19(17-14-39-23(26)27-17)29-37-11-10-36-16-6-7-18-15(12-16)13-31(30(18)3)9-5-8-25/h6-7,12-14,20H,5,8-11,25H2,1-4H3,(H2-,26,27,28,33)/p+1/b29-19-/t20-/m1/s1. The predicted octanol–water partition coefficient (Wildman–Crippen LogP) is 0.900. The number of thiazole rings is 1. The Hall–Kier alpha value is -3.44. The molecule has 1 aliphatic heterocycles. The number of hydroxylamine groups is 2. The second-order valence-electron chi connectivity index (χ2n) is 9.37. The number of aromatic nitrogens is 3. The van der Waals surface area contributed by atoms with E-state index in [1.807, 2.05) is 25.2 Å². The molecule has 1 aliphatic rings. The maximum Gasteiger partial charge on any atom is 0.276 e. The molecule has 216 valence electrons. The minimum atomic E-state index is -0.858. The first-order chi connectivity index (χ1) is 19.2. The first-order valence-corrected chi connectivity index (χ1v) is 14.0. The van der Waals surface area contributed by atoms with E-state index in [0.717, 1.165) is 40.3 Å². The summed E-state index contributed by atoms with van der Waals surface area (Å²) in [6, 6.07) is 4.96. The third-order valence-electron chi connectivity index (χ3n) is 6.32. The molecular formula is C24H33N8O6S2+. The van der Waals surface area contributed by atoms with Crippen molar-refractivity contribution in [1.82, 2.24) is 20.0 Å². The molecule has 1 atom stereocenters. The highest BCUT2D eigenvalue weighted by Crippen LogP contribution is 2.34. The second-order valence-corrected chi connectivity index (χ2v) is 10.9. The summed E-state index contributed by atoms with van der Waals surface area (Å²) >= 11 is 1.80. The molecule has 0 bridgehead atoms. The molecule has 3 heterocycles. The van der Waals surface area contributed by atoms with Gasteiger partial charge in [0.05, 0.1) is 25.1 Å². The van der Waals surface area contributed by atoms with Crippen molar-refractivity contribution in [2.75, 3.05) is 32.6 Å². The summed E-state index contributed by atoms with van der Waals surface area (Å²) in [6.07, 6.45) is 2.94. The van der Waals surface area contributed by atoms with Gasteiger partial charge < -0.3 is 26.4 Å². The van der Waals surface area contributed by atoms with Crippen molar-refractivity contribution in [1.29, 1.82) is 0 Å². The number of carbonyl (C=O) groups excluding carboxylic acids is 2. The molecule has 14 nitrogen and oxygen atoms in total. The summed E-state index contributed by atoms with van der Waals surface area (Å²) < 4.78 is 20.0. The van der Waals surface area contributed by atoms with Crippen molar-refractivity contribution in [2.24, 2.45) is 17.9 Å². The fourth-order valence-corrected chi connectivity index (χ4v) is 5.10. The number of amides is 2. The van der Waals surface area contributed by atoms with Crippen LogP contribution in [-0.4, -0.2) is 70.7 Å². The van der Waals surface area contributed by atoms with Crippen LogP contribution in [0.15, 0.2) is 34.9 Å². The fraction of sp³-hybridized carbons (Fsp3) is 0.458. The zero-order chi connectivity index (χ0) is 28.9. The van der Waals surface area contributed by atoms with Gasteiger partial charge in [0.1, 0.15) is 29.6 Å². The smallest absolute Gasteiger partial charge is 0.276 e. The molecule has 1 saturated heterocycles. The number of nitrogen functional groups attached to an aromatic ring is 1. The molecule has 0 radical (unpaired) electrons. The average Bonchev–Trinajstić information content (AvgIpc) is 3.50. The summed E-state index contributed by atoms with van der Waals surface area (Å²) in [7, 11) is 3.41. The summed E-state index contributed by atoms with van der Waals surface area (Å²) in [5.41, 5.74) is 11.8. The lowest BCUT2D eigenvalue weighted by Crippen LogP contribution is -2.76. The highest BCUT2D eigenvalue weighted by Gasteiger charge is 2.57. The van der Waals surface area contributed by atoms with E-state index in [4.69, 9.17) is 29.5 Å². The third-order valence-corrected chi connectivity index (χ3v) is 7.34. The van der Waals surface area contributed by atoms with Gasteiger partial charge in [-0.1, -0.05) is 5.16 Å². The van der Waals surface area contributed by atoms with Crippen LogP contribution in [0.1, 0.15) is 26.0 Å². The molecule has 4 rings (SSSR count). The van der Waals surface area contributed by atoms with Gasteiger partial charge in [-0.15, -0.1) is 16.0 Å². The number of hydrogen-bond donors (Lipinski definition) is 3. The fourth-order valence-electron chi connectivity index (χ4n) is 4.17. The van der Waals surface area contributed by atoms with Crippen molar-refractivity contribution >= 4 is 57.2 Å². The van der Waals surface area contributed by atoms with Gasteiger partial charge in [0.2, 0.25) is 6.20 Å². The van der Waals surface area contributed by atoms with Gasteiger partial charge in [0, 0.05) is 11.8 Å². The highest BCUT2D eigenvalue weighted by molar-refractivity contribution is 7.89. The number of nitrogens with zero attached hydrogens (tertiary/aromatic N) is 5. The van der Waals surface area contributed by atoms with Gasteiger partial charge in [-0.3, -0.25) is 13.8 Å². The van der Waals surface area contributed by atoms with E-state index < -0.39 is 23.4 Å². The van der Waals surface area contributed by atoms with Gasteiger partial charge in [-0.2, -0.15) is 14.0 Å². The minimum absolute atomic E-state index is 0.0590. The maximum absolute atomic E-state index is 13.1. The lowest BCUT2D eigenvalue weighted by Gasteiger charge is -2.50. The van der Waals surface area contributed by atoms with Crippen molar-refractivity contribution in [3.63, 3.8) is 0 Å². The largest absolute Gasteiger partial charge is 0.490 e. The number of fused-ring (bicyclic) bond motifs is 1. The Kier molecular flexibility index (Phi) is 9.47. The molecule has 1 aromatic carbocycles. The molecule has 0 spiro atoms. The van der Waals surface area contributed by atoms with Crippen LogP contribution in [0.25, 0.3) is 10.9 Å². The number of β-lactam (4-membered cyclic amide) rings is 1. The number of nitrogens with one attached hydrogen (secondary N) is 1. The Labute approximate surface area is 239 Å². The molecule has 16 heteroatoms. The van der Waals surface area contributed by atoms with Gasteiger partial charge >= 0.3 is 0 Å². The number of ether oxygens (including phenoxy) is 1. The van der Waals surface area contributed by atoms with Crippen LogP contribution >= 0.6 is 23.7 Å². The molecule has 2 amide bonds.